The van der Waals surface area contributed by atoms with Gasteiger partial charge in [0.15, 0.2) is 5.16 Å². The van der Waals surface area contributed by atoms with Gasteiger partial charge in [0, 0.05) is 11.6 Å². The van der Waals surface area contributed by atoms with Crippen LogP contribution in [0, 0.1) is 0 Å². The summed E-state index contributed by atoms with van der Waals surface area (Å²) in [6, 6.07) is 11.7. The van der Waals surface area contributed by atoms with E-state index in [2.05, 4.69) is 4.98 Å². The topological polar surface area (TPSA) is 60.9 Å². The molecule has 1 aliphatic carbocycles. The van der Waals surface area contributed by atoms with Crippen molar-refractivity contribution >= 4 is 41.9 Å². The van der Waals surface area contributed by atoms with Gasteiger partial charge in [0.25, 0.3) is 5.91 Å². The molecule has 0 atom stereocenters. The van der Waals surface area contributed by atoms with E-state index >= 15 is 0 Å². The lowest BCUT2D eigenvalue weighted by molar-refractivity contribution is -0.131. The Bertz CT molecular complexity index is 1020. The highest BCUT2D eigenvalue weighted by molar-refractivity contribution is 8.00. The zero-order valence-electron chi connectivity index (χ0n) is 13.7. The Balaban J connectivity index is 1.88. The summed E-state index contributed by atoms with van der Waals surface area (Å²) < 4.78 is 29.1. The largest absolute Gasteiger partial charge is 0.377 e. The Morgan fingerprint density at radius 2 is 1.92 bits per heavy atom. The van der Waals surface area contributed by atoms with E-state index in [4.69, 9.17) is 13.6 Å². The summed E-state index contributed by atoms with van der Waals surface area (Å²) in [7, 11) is 6.00. The number of rotatable bonds is 5. The lowest BCUT2D eigenvalue weighted by atomic mass is 9.98. The first-order chi connectivity index (χ1) is 12.4. The zero-order chi connectivity index (χ0) is 18.5. The van der Waals surface area contributed by atoms with Crippen molar-refractivity contribution in [3.63, 3.8) is 0 Å². The summed E-state index contributed by atoms with van der Waals surface area (Å²) in [6.07, 6.45) is 3.61. The fraction of sp³-hybridized carbons (Fsp3) is 0.222. The summed E-state index contributed by atoms with van der Waals surface area (Å²) in [5.74, 6) is -1.17. The molecule has 3 aromatic rings. The van der Waals surface area contributed by atoms with Crippen LogP contribution in [0.2, 0.25) is 0 Å². The number of carbonyl (C=O) groups excluding carboxylic acids is 1. The van der Waals surface area contributed by atoms with Crippen LogP contribution in [0.4, 0.5) is 8.78 Å². The second kappa shape index (κ2) is 6.12. The maximum atomic E-state index is 13.8. The minimum atomic E-state index is -3.78. The first-order valence-corrected chi connectivity index (χ1v) is 8.92. The van der Waals surface area contributed by atoms with Crippen LogP contribution in [0.1, 0.15) is 24.3 Å². The van der Waals surface area contributed by atoms with Crippen LogP contribution in [-0.4, -0.2) is 28.6 Å². The number of fused-ring (bicyclic) bond motifs is 1. The molecule has 1 fully saturated rings. The number of carbonyl (C=O) groups is 1. The maximum absolute atomic E-state index is 13.8. The van der Waals surface area contributed by atoms with Gasteiger partial charge in [-0.15, -0.1) is 0 Å². The molecule has 130 valence electrons. The average Bonchev–Trinajstić information content (AvgIpc) is 3.39. The van der Waals surface area contributed by atoms with Gasteiger partial charge in [0.05, 0.1) is 5.69 Å². The van der Waals surface area contributed by atoms with E-state index in [1.165, 1.54) is 16.3 Å². The second-order valence-electron chi connectivity index (χ2n) is 6.28. The van der Waals surface area contributed by atoms with Crippen molar-refractivity contribution in [3.8, 4) is 5.69 Å². The molecule has 0 saturated heterocycles. The van der Waals surface area contributed by atoms with Crippen molar-refractivity contribution in [2.24, 2.45) is 5.73 Å². The van der Waals surface area contributed by atoms with Crippen LogP contribution < -0.4 is 11.3 Å². The monoisotopic (exact) mass is 369 g/mol. The number of thioether (sulfide) groups is 1. The average molecular weight is 369 g/mol. The molecule has 2 radical (unpaired) electrons. The number of benzene rings is 2. The summed E-state index contributed by atoms with van der Waals surface area (Å²) in [5, 5.41) is -1.90. The van der Waals surface area contributed by atoms with Crippen LogP contribution >= 0.6 is 11.8 Å². The molecule has 8 heteroatoms. The molecule has 1 saturated carbocycles. The molecule has 4 nitrogen and oxygen atoms in total. The Kier molecular flexibility index (Phi) is 4.02. The van der Waals surface area contributed by atoms with Crippen LogP contribution in [0.3, 0.4) is 0 Å². The van der Waals surface area contributed by atoms with Crippen LogP contribution in [0.15, 0.2) is 47.8 Å². The van der Waals surface area contributed by atoms with E-state index in [9.17, 15) is 13.6 Å². The highest BCUT2D eigenvalue weighted by atomic mass is 32.2. The minimum absolute atomic E-state index is 0.00834. The zero-order valence-corrected chi connectivity index (χ0v) is 14.5. The minimum Gasteiger partial charge on any atom is -0.364 e. The number of hydrogen-bond donors (Lipinski definition) is 1. The van der Waals surface area contributed by atoms with Crippen molar-refractivity contribution < 1.29 is 13.6 Å². The molecule has 26 heavy (non-hydrogen) atoms. The van der Waals surface area contributed by atoms with E-state index in [-0.39, 0.29) is 22.5 Å². The Morgan fingerprint density at radius 1 is 1.23 bits per heavy atom. The van der Waals surface area contributed by atoms with Gasteiger partial charge < -0.3 is 10.3 Å². The SMILES string of the molecule is [B]c1cnc(SC(F)(F)C(N)=O)n1-c1ccc(C2CC2)c2ccccc12. The molecule has 1 aromatic heterocycles. The first-order valence-electron chi connectivity index (χ1n) is 8.10. The summed E-state index contributed by atoms with van der Waals surface area (Å²) in [4.78, 5) is 15.0. The van der Waals surface area contributed by atoms with Gasteiger partial charge in [0.2, 0.25) is 0 Å². The van der Waals surface area contributed by atoms with E-state index < -0.39 is 11.2 Å². The number of primary amides is 1. The Hall–Kier alpha value is -2.35. The van der Waals surface area contributed by atoms with Gasteiger partial charge in [0.1, 0.15) is 7.85 Å². The summed E-state index contributed by atoms with van der Waals surface area (Å²) in [5.41, 5.74) is 6.88. The third-order valence-corrected chi connectivity index (χ3v) is 5.38. The van der Waals surface area contributed by atoms with Gasteiger partial charge >= 0.3 is 5.25 Å². The molecule has 1 amide bonds. The molecule has 0 unspecified atom stereocenters. The number of nitrogens with zero attached hydrogens (tertiary/aromatic N) is 2. The highest BCUT2D eigenvalue weighted by Gasteiger charge is 2.40. The third-order valence-electron chi connectivity index (χ3n) is 4.46. The van der Waals surface area contributed by atoms with Crippen molar-refractivity contribution in [2.75, 3.05) is 0 Å². The Morgan fingerprint density at radius 3 is 2.58 bits per heavy atom. The normalized spacial score (nSPS) is 14.7. The summed E-state index contributed by atoms with van der Waals surface area (Å²) in [6.45, 7) is 0. The molecule has 2 N–H and O–H groups in total. The molecule has 0 bridgehead atoms. The van der Waals surface area contributed by atoms with Crippen molar-refractivity contribution in [1.29, 1.82) is 0 Å². The van der Waals surface area contributed by atoms with E-state index in [1.807, 2.05) is 36.4 Å². The van der Waals surface area contributed by atoms with Crippen LogP contribution in [-0.2, 0) is 4.79 Å². The van der Waals surface area contributed by atoms with Gasteiger partial charge in [-0.2, -0.15) is 8.78 Å². The van der Waals surface area contributed by atoms with E-state index in [0.717, 1.165) is 23.6 Å². The van der Waals surface area contributed by atoms with Gasteiger partial charge in [-0.25, -0.2) is 4.98 Å². The predicted molar refractivity (Wildman–Crippen MR) is 98.4 cm³/mol. The smallest absolute Gasteiger partial charge is 0.364 e. The molecular formula is C18H14BF2N3OS. The number of hydrogen-bond acceptors (Lipinski definition) is 3. The third kappa shape index (κ3) is 2.88. The molecule has 2 aromatic carbocycles. The molecule has 4 rings (SSSR count). The molecule has 1 aliphatic rings. The number of alkyl halides is 2. The summed E-state index contributed by atoms with van der Waals surface area (Å²) >= 11 is -0.00834. The Labute approximate surface area is 154 Å². The quantitative estimate of drug-likeness (QED) is 0.556. The van der Waals surface area contributed by atoms with Crippen molar-refractivity contribution in [3.05, 3.63) is 48.2 Å². The fourth-order valence-electron chi connectivity index (χ4n) is 3.08. The number of amides is 1. The van der Waals surface area contributed by atoms with E-state index in [1.54, 1.807) is 0 Å². The predicted octanol–water partition coefficient (Wildman–Crippen LogP) is 2.87. The standard InChI is InChI=1S/C18H14BF2N3OS/c19-15-9-23-17(26-18(20,21)16(22)25)24(15)14-8-7-11(10-5-6-10)12-3-1-2-4-13(12)14/h1-4,7-10H,5-6H2,(H2,22,25). The van der Waals surface area contributed by atoms with E-state index in [0.29, 0.717) is 11.6 Å². The molecular weight excluding hydrogens is 355 g/mol. The molecule has 1 heterocycles. The van der Waals surface area contributed by atoms with Crippen LogP contribution in [0.5, 0.6) is 0 Å². The first kappa shape index (κ1) is 17.1. The number of imidazole rings is 1. The van der Waals surface area contributed by atoms with Gasteiger partial charge in [-0.05, 0) is 53.1 Å². The van der Waals surface area contributed by atoms with Crippen LogP contribution in [0.25, 0.3) is 16.5 Å². The van der Waals surface area contributed by atoms with Gasteiger partial charge in [-0.1, -0.05) is 30.3 Å². The maximum Gasteiger partial charge on any atom is 0.377 e. The van der Waals surface area contributed by atoms with Crippen molar-refractivity contribution in [1.82, 2.24) is 9.55 Å². The highest BCUT2D eigenvalue weighted by Crippen LogP contribution is 2.44. The fourth-order valence-corrected chi connectivity index (χ4v) is 3.81. The van der Waals surface area contributed by atoms with Gasteiger partial charge in [-0.3, -0.25) is 4.79 Å². The molecule has 0 spiro atoms. The lowest BCUT2D eigenvalue weighted by Crippen LogP contribution is -2.32. The second-order valence-corrected chi connectivity index (χ2v) is 7.36. The van der Waals surface area contributed by atoms with Crippen molar-refractivity contribution in [2.45, 2.75) is 29.2 Å². The molecule has 0 aliphatic heterocycles. The number of nitrogens with two attached hydrogens (primary N) is 1. The number of aromatic nitrogens is 2. The number of halogens is 2. The lowest BCUT2D eigenvalue weighted by Gasteiger charge is -2.17.